The number of carbonyl (C=O) groups excluding carboxylic acids is 2. The number of esters is 1. The zero-order valence-corrected chi connectivity index (χ0v) is 10.1. The van der Waals surface area contributed by atoms with Gasteiger partial charge in [0.15, 0.2) is 18.7 Å². The van der Waals surface area contributed by atoms with Crippen molar-refractivity contribution in [3.8, 4) is 0 Å². The molecule has 1 aliphatic rings. The van der Waals surface area contributed by atoms with Gasteiger partial charge in [0.2, 0.25) is 0 Å². The third-order valence-corrected chi connectivity index (χ3v) is 2.28. The first-order valence-corrected chi connectivity index (χ1v) is 5.67. The first-order valence-electron chi connectivity index (χ1n) is 5.67. The lowest BCUT2D eigenvalue weighted by Crippen LogP contribution is -2.27. The molecule has 1 heterocycles. The molecule has 0 bridgehead atoms. The highest BCUT2D eigenvalue weighted by Crippen LogP contribution is 2.13. The summed E-state index contributed by atoms with van der Waals surface area (Å²) < 4.78 is 15.2. The lowest BCUT2D eigenvalue weighted by molar-refractivity contribution is -0.171. The second-order valence-electron chi connectivity index (χ2n) is 4.00. The Morgan fingerprint density at radius 1 is 1.35 bits per heavy atom. The molecule has 0 aromatic carbocycles. The van der Waals surface area contributed by atoms with Crippen LogP contribution in [0.25, 0.3) is 0 Å². The highest BCUT2D eigenvalue weighted by Gasteiger charge is 2.16. The molecule has 0 radical (unpaired) electrons. The molecule has 0 amide bonds. The molecular formula is C12H18O5. The van der Waals surface area contributed by atoms with Crippen LogP contribution in [0.4, 0.5) is 0 Å². The van der Waals surface area contributed by atoms with Crippen LogP contribution in [-0.4, -0.2) is 37.9 Å². The van der Waals surface area contributed by atoms with Crippen LogP contribution in [0.2, 0.25) is 0 Å². The Morgan fingerprint density at radius 2 is 2.12 bits per heavy atom. The van der Waals surface area contributed by atoms with Crippen LogP contribution in [0, 0.1) is 0 Å². The van der Waals surface area contributed by atoms with Crippen LogP contribution in [0.5, 0.6) is 0 Å². The summed E-state index contributed by atoms with van der Waals surface area (Å²) in [7, 11) is 0. The van der Waals surface area contributed by atoms with Crippen molar-refractivity contribution in [2.75, 3.05) is 19.8 Å². The maximum atomic E-state index is 11.3. The molecule has 1 unspecified atom stereocenters. The van der Waals surface area contributed by atoms with Gasteiger partial charge in [0.1, 0.15) is 6.61 Å². The Hall–Kier alpha value is -1.20. The van der Waals surface area contributed by atoms with Gasteiger partial charge in [-0.25, -0.2) is 4.79 Å². The van der Waals surface area contributed by atoms with E-state index < -0.39 is 5.97 Å². The standard InChI is InChI=1S/C12H18O5/c1-9(2)12(14)17-8-10(13)7-16-11-5-3-4-6-15-11/h11H,1,3-8H2,2H3. The molecule has 5 heteroatoms. The van der Waals surface area contributed by atoms with Gasteiger partial charge in [-0.15, -0.1) is 0 Å². The van der Waals surface area contributed by atoms with Crippen molar-refractivity contribution in [3.05, 3.63) is 12.2 Å². The first kappa shape index (κ1) is 13.9. The van der Waals surface area contributed by atoms with Gasteiger partial charge in [0, 0.05) is 12.2 Å². The largest absolute Gasteiger partial charge is 0.454 e. The van der Waals surface area contributed by atoms with E-state index in [2.05, 4.69) is 6.58 Å². The van der Waals surface area contributed by atoms with Gasteiger partial charge in [-0.1, -0.05) is 6.58 Å². The van der Waals surface area contributed by atoms with Gasteiger partial charge < -0.3 is 14.2 Å². The van der Waals surface area contributed by atoms with Crippen molar-refractivity contribution in [2.24, 2.45) is 0 Å². The lowest BCUT2D eigenvalue weighted by atomic mass is 10.2. The van der Waals surface area contributed by atoms with Gasteiger partial charge in [0.25, 0.3) is 0 Å². The van der Waals surface area contributed by atoms with E-state index in [1.807, 2.05) is 0 Å². The summed E-state index contributed by atoms with van der Waals surface area (Å²) in [5.74, 6) is -0.846. The molecule has 1 saturated heterocycles. The molecule has 1 fully saturated rings. The third kappa shape index (κ3) is 5.60. The van der Waals surface area contributed by atoms with Gasteiger partial charge in [-0.2, -0.15) is 0 Å². The molecule has 17 heavy (non-hydrogen) atoms. The Morgan fingerprint density at radius 3 is 2.71 bits per heavy atom. The molecule has 0 saturated carbocycles. The van der Waals surface area contributed by atoms with Crippen molar-refractivity contribution in [2.45, 2.75) is 32.5 Å². The Kier molecular flexibility index (Phi) is 5.86. The predicted molar refractivity (Wildman–Crippen MR) is 60.3 cm³/mol. The molecule has 0 aromatic rings. The fraction of sp³-hybridized carbons (Fsp3) is 0.667. The monoisotopic (exact) mass is 242 g/mol. The normalized spacial score (nSPS) is 19.7. The maximum Gasteiger partial charge on any atom is 0.333 e. The van der Waals surface area contributed by atoms with Crippen LogP contribution in [0.3, 0.4) is 0 Å². The van der Waals surface area contributed by atoms with Crippen molar-refractivity contribution in [1.82, 2.24) is 0 Å². The Balaban J connectivity index is 2.12. The average Bonchev–Trinajstić information content (AvgIpc) is 2.34. The summed E-state index contributed by atoms with van der Waals surface area (Å²) in [5.41, 5.74) is 0.273. The second-order valence-corrected chi connectivity index (χ2v) is 4.00. The lowest BCUT2D eigenvalue weighted by Gasteiger charge is -2.22. The Labute approximate surface area is 101 Å². The van der Waals surface area contributed by atoms with Gasteiger partial charge >= 0.3 is 5.97 Å². The van der Waals surface area contributed by atoms with Gasteiger partial charge in [0.05, 0.1) is 0 Å². The highest BCUT2D eigenvalue weighted by atomic mass is 16.7. The smallest absolute Gasteiger partial charge is 0.333 e. The molecule has 1 aliphatic heterocycles. The van der Waals surface area contributed by atoms with Crippen molar-refractivity contribution < 1.29 is 23.8 Å². The number of ketones is 1. The van der Waals surface area contributed by atoms with E-state index >= 15 is 0 Å². The summed E-state index contributed by atoms with van der Waals surface area (Å²) in [6.07, 6.45) is 2.58. The fourth-order valence-corrected chi connectivity index (χ4v) is 1.34. The molecule has 5 nitrogen and oxygen atoms in total. The highest BCUT2D eigenvalue weighted by molar-refractivity contribution is 5.90. The molecule has 0 aromatic heterocycles. The number of Topliss-reactive ketones (excluding diaryl/α,β-unsaturated/α-hetero) is 1. The van der Waals surface area contributed by atoms with E-state index in [1.54, 1.807) is 0 Å². The van der Waals surface area contributed by atoms with Crippen molar-refractivity contribution in [3.63, 3.8) is 0 Å². The molecule has 0 aliphatic carbocycles. The van der Waals surface area contributed by atoms with E-state index in [9.17, 15) is 9.59 Å². The van der Waals surface area contributed by atoms with E-state index in [0.29, 0.717) is 6.61 Å². The van der Waals surface area contributed by atoms with Crippen LogP contribution in [-0.2, 0) is 23.8 Å². The second kappa shape index (κ2) is 7.19. The average molecular weight is 242 g/mol. The van der Waals surface area contributed by atoms with E-state index in [1.165, 1.54) is 6.92 Å². The zero-order valence-electron chi connectivity index (χ0n) is 10.1. The topological polar surface area (TPSA) is 61.8 Å². The minimum Gasteiger partial charge on any atom is -0.454 e. The van der Waals surface area contributed by atoms with E-state index in [4.69, 9.17) is 14.2 Å². The molecular weight excluding hydrogens is 224 g/mol. The minimum absolute atomic E-state index is 0.0891. The zero-order chi connectivity index (χ0) is 12.7. The summed E-state index contributed by atoms with van der Waals surface area (Å²) in [4.78, 5) is 22.3. The third-order valence-electron chi connectivity index (χ3n) is 2.28. The van der Waals surface area contributed by atoms with Crippen LogP contribution >= 0.6 is 0 Å². The number of rotatable bonds is 6. The quantitative estimate of drug-likeness (QED) is 0.517. The fourth-order valence-electron chi connectivity index (χ4n) is 1.34. The molecule has 0 spiro atoms. The van der Waals surface area contributed by atoms with Crippen LogP contribution in [0.15, 0.2) is 12.2 Å². The number of hydrogen-bond donors (Lipinski definition) is 0. The number of carbonyl (C=O) groups is 2. The van der Waals surface area contributed by atoms with Gasteiger partial charge in [-0.3, -0.25) is 4.79 Å². The molecule has 96 valence electrons. The summed E-state index contributed by atoms with van der Waals surface area (Å²) in [6.45, 7) is 5.24. The molecule has 0 N–H and O–H groups in total. The van der Waals surface area contributed by atoms with Crippen LogP contribution in [0.1, 0.15) is 26.2 Å². The predicted octanol–water partition coefficient (Wildman–Crippen LogP) is 1.22. The Bertz CT molecular complexity index is 291. The van der Waals surface area contributed by atoms with Crippen molar-refractivity contribution in [1.29, 1.82) is 0 Å². The molecule has 1 rings (SSSR count). The molecule has 1 atom stereocenters. The van der Waals surface area contributed by atoms with E-state index in [0.717, 1.165) is 19.3 Å². The summed E-state index contributed by atoms with van der Waals surface area (Å²) in [6, 6.07) is 0. The number of hydrogen-bond acceptors (Lipinski definition) is 5. The minimum atomic E-state index is -0.563. The summed E-state index contributed by atoms with van der Waals surface area (Å²) >= 11 is 0. The van der Waals surface area contributed by atoms with Crippen LogP contribution < -0.4 is 0 Å². The SMILES string of the molecule is C=C(C)C(=O)OCC(=O)COC1CCCCO1. The van der Waals surface area contributed by atoms with Crippen molar-refractivity contribution >= 4 is 11.8 Å². The number of ether oxygens (including phenoxy) is 3. The van der Waals surface area contributed by atoms with Gasteiger partial charge in [-0.05, 0) is 26.2 Å². The van der Waals surface area contributed by atoms with E-state index in [-0.39, 0.29) is 30.9 Å². The maximum absolute atomic E-state index is 11.3. The summed E-state index contributed by atoms with van der Waals surface area (Å²) in [5, 5.41) is 0. The first-order chi connectivity index (χ1) is 8.09.